The van der Waals surface area contributed by atoms with E-state index >= 15 is 0 Å². The van der Waals surface area contributed by atoms with Crippen LogP contribution < -0.4 is 5.32 Å². The van der Waals surface area contributed by atoms with E-state index in [2.05, 4.69) is 5.32 Å². The summed E-state index contributed by atoms with van der Waals surface area (Å²) in [6.45, 7) is 1.25. The summed E-state index contributed by atoms with van der Waals surface area (Å²) < 4.78 is 13.2. The molecule has 15 heavy (non-hydrogen) atoms. The summed E-state index contributed by atoms with van der Waals surface area (Å²) in [4.78, 5) is 21.2. The molecular formula is C9H7ClFNO3. The predicted molar refractivity (Wildman–Crippen MR) is 52.7 cm³/mol. The topological polar surface area (TPSA) is 66.4 Å². The Balaban J connectivity index is 3.19. The van der Waals surface area contributed by atoms with Gasteiger partial charge in [0.2, 0.25) is 5.91 Å². The van der Waals surface area contributed by atoms with Crippen LogP contribution in [0.15, 0.2) is 12.1 Å². The first-order valence-corrected chi connectivity index (χ1v) is 4.29. The minimum atomic E-state index is -1.45. The molecule has 0 radical (unpaired) electrons. The second-order valence-electron chi connectivity index (χ2n) is 2.80. The van der Waals surface area contributed by atoms with Crippen molar-refractivity contribution in [2.24, 2.45) is 0 Å². The Labute approximate surface area is 89.7 Å². The second-order valence-corrected chi connectivity index (χ2v) is 3.21. The highest BCUT2D eigenvalue weighted by Crippen LogP contribution is 2.24. The molecule has 0 saturated carbocycles. The number of rotatable bonds is 2. The normalized spacial score (nSPS) is 9.80. The fourth-order valence-corrected chi connectivity index (χ4v) is 1.34. The van der Waals surface area contributed by atoms with Crippen molar-refractivity contribution in [1.29, 1.82) is 0 Å². The van der Waals surface area contributed by atoms with Gasteiger partial charge in [-0.2, -0.15) is 0 Å². The molecular weight excluding hydrogens is 225 g/mol. The Kier molecular flexibility index (Phi) is 3.26. The number of halogens is 2. The van der Waals surface area contributed by atoms with Crippen molar-refractivity contribution >= 4 is 29.2 Å². The number of hydrogen-bond donors (Lipinski definition) is 2. The van der Waals surface area contributed by atoms with E-state index in [1.807, 2.05) is 0 Å². The summed E-state index contributed by atoms with van der Waals surface area (Å²) in [5.74, 6) is -2.83. The van der Waals surface area contributed by atoms with Gasteiger partial charge in [0.25, 0.3) is 0 Å². The Morgan fingerprint density at radius 1 is 1.47 bits per heavy atom. The van der Waals surface area contributed by atoms with Crippen LogP contribution in [-0.2, 0) is 4.79 Å². The average molecular weight is 232 g/mol. The number of benzene rings is 1. The minimum absolute atomic E-state index is 0.120. The zero-order valence-corrected chi connectivity index (χ0v) is 8.43. The number of amides is 1. The van der Waals surface area contributed by atoms with Gasteiger partial charge in [-0.05, 0) is 12.1 Å². The van der Waals surface area contributed by atoms with Gasteiger partial charge in [-0.3, -0.25) is 4.79 Å². The summed E-state index contributed by atoms with van der Waals surface area (Å²) in [5, 5.41) is 10.6. The fourth-order valence-electron chi connectivity index (χ4n) is 1.05. The number of carboxylic acids is 1. The Hall–Kier alpha value is -1.62. The molecule has 1 aromatic carbocycles. The van der Waals surface area contributed by atoms with Gasteiger partial charge < -0.3 is 10.4 Å². The van der Waals surface area contributed by atoms with Crippen LogP contribution in [-0.4, -0.2) is 17.0 Å². The van der Waals surface area contributed by atoms with E-state index in [0.717, 1.165) is 6.07 Å². The highest BCUT2D eigenvalue weighted by molar-refractivity contribution is 6.33. The van der Waals surface area contributed by atoms with Crippen molar-refractivity contribution in [3.8, 4) is 0 Å². The number of nitrogens with one attached hydrogen (secondary N) is 1. The molecule has 0 aliphatic heterocycles. The van der Waals surface area contributed by atoms with E-state index < -0.39 is 23.3 Å². The SMILES string of the molecule is CC(=O)Nc1cc(F)c(C(=O)O)c(Cl)c1. The second kappa shape index (κ2) is 4.27. The summed E-state index contributed by atoms with van der Waals surface area (Å²) in [5.41, 5.74) is -0.485. The standard InChI is InChI=1S/C9H7ClFNO3/c1-4(13)12-5-2-6(10)8(9(14)15)7(11)3-5/h2-3H,1H3,(H,12,13)(H,14,15). The molecule has 0 atom stereocenters. The molecule has 1 amide bonds. The highest BCUT2D eigenvalue weighted by Gasteiger charge is 2.16. The van der Waals surface area contributed by atoms with Gasteiger partial charge in [0.15, 0.2) is 0 Å². The minimum Gasteiger partial charge on any atom is -0.478 e. The number of carbonyl (C=O) groups is 2. The lowest BCUT2D eigenvalue weighted by Gasteiger charge is -2.05. The molecule has 6 heteroatoms. The van der Waals surface area contributed by atoms with Crippen LogP contribution in [0.3, 0.4) is 0 Å². The zero-order chi connectivity index (χ0) is 11.6. The molecule has 0 bridgehead atoms. The Morgan fingerprint density at radius 2 is 2.07 bits per heavy atom. The molecule has 0 heterocycles. The molecule has 2 N–H and O–H groups in total. The van der Waals surface area contributed by atoms with Crippen LogP contribution in [0, 0.1) is 5.82 Å². The third-order valence-corrected chi connectivity index (χ3v) is 1.87. The van der Waals surface area contributed by atoms with Gasteiger partial charge >= 0.3 is 5.97 Å². The molecule has 0 saturated heterocycles. The van der Waals surface area contributed by atoms with Gasteiger partial charge in [0.05, 0.1) is 5.02 Å². The summed E-state index contributed by atoms with van der Waals surface area (Å²) in [7, 11) is 0. The van der Waals surface area contributed by atoms with Crippen LogP contribution in [0.4, 0.5) is 10.1 Å². The van der Waals surface area contributed by atoms with E-state index in [-0.39, 0.29) is 10.7 Å². The molecule has 0 aliphatic rings. The summed E-state index contributed by atoms with van der Waals surface area (Å²) in [6.07, 6.45) is 0. The highest BCUT2D eigenvalue weighted by atomic mass is 35.5. The summed E-state index contributed by atoms with van der Waals surface area (Å²) >= 11 is 5.54. The van der Waals surface area contributed by atoms with Crippen molar-refractivity contribution < 1.29 is 19.1 Å². The molecule has 1 rings (SSSR count). The van der Waals surface area contributed by atoms with Crippen molar-refractivity contribution in [2.75, 3.05) is 5.32 Å². The molecule has 4 nitrogen and oxygen atoms in total. The van der Waals surface area contributed by atoms with Gasteiger partial charge in [-0.15, -0.1) is 0 Å². The van der Waals surface area contributed by atoms with Crippen LogP contribution >= 0.6 is 11.6 Å². The summed E-state index contributed by atoms with van der Waals surface area (Å²) in [6, 6.07) is 2.08. The molecule has 0 aromatic heterocycles. The van der Waals surface area contributed by atoms with E-state index in [1.54, 1.807) is 0 Å². The maximum atomic E-state index is 13.2. The van der Waals surface area contributed by atoms with Crippen molar-refractivity contribution in [3.63, 3.8) is 0 Å². The third-order valence-electron chi connectivity index (χ3n) is 1.58. The fraction of sp³-hybridized carbons (Fsp3) is 0.111. The zero-order valence-electron chi connectivity index (χ0n) is 7.67. The lowest BCUT2D eigenvalue weighted by molar-refractivity contribution is -0.114. The van der Waals surface area contributed by atoms with E-state index in [9.17, 15) is 14.0 Å². The largest absolute Gasteiger partial charge is 0.478 e. The van der Waals surface area contributed by atoms with Gasteiger partial charge in [-0.25, -0.2) is 9.18 Å². The predicted octanol–water partition coefficient (Wildman–Crippen LogP) is 2.14. The quantitative estimate of drug-likeness (QED) is 0.820. The first kappa shape index (κ1) is 11.5. The van der Waals surface area contributed by atoms with E-state index in [1.165, 1.54) is 13.0 Å². The van der Waals surface area contributed by atoms with Crippen LogP contribution in [0.2, 0.25) is 5.02 Å². The lowest BCUT2D eigenvalue weighted by Crippen LogP contribution is -2.08. The molecule has 0 fully saturated rings. The Morgan fingerprint density at radius 3 is 2.47 bits per heavy atom. The van der Waals surface area contributed by atoms with Crippen LogP contribution in [0.25, 0.3) is 0 Å². The first-order valence-electron chi connectivity index (χ1n) is 3.91. The first-order chi connectivity index (χ1) is 6.91. The van der Waals surface area contributed by atoms with E-state index in [4.69, 9.17) is 16.7 Å². The third kappa shape index (κ3) is 2.66. The smallest absolute Gasteiger partial charge is 0.340 e. The Bertz CT molecular complexity index is 410. The maximum absolute atomic E-state index is 13.2. The van der Waals surface area contributed by atoms with Crippen molar-refractivity contribution in [1.82, 2.24) is 0 Å². The molecule has 0 spiro atoms. The number of carbonyl (C=O) groups excluding carboxylic acids is 1. The van der Waals surface area contributed by atoms with Gasteiger partial charge in [-0.1, -0.05) is 11.6 Å². The van der Waals surface area contributed by atoms with Crippen molar-refractivity contribution in [3.05, 3.63) is 28.5 Å². The van der Waals surface area contributed by atoms with Crippen LogP contribution in [0.1, 0.15) is 17.3 Å². The van der Waals surface area contributed by atoms with Crippen LogP contribution in [0.5, 0.6) is 0 Å². The molecule has 0 aliphatic carbocycles. The number of aromatic carboxylic acids is 1. The van der Waals surface area contributed by atoms with Crippen molar-refractivity contribution in [2.45, 2.75) is 6.92 Å². The van der Waals surface area contributed by atoms with Gasteiger partial charge in [0, 0.05) is 12.6 Å². The number of hydrogen-bond acceptors (Lipinski definition) is 2. The molecule has 80 valence electrons. The number of anilines is 1. The average Bonchev–Trinajstić information content (AvgIpc) is 1.99. The molecule has 1 aromatic rings. The van der Waals surface area contributed by atoms with Gasteiger partial charge in [0.1, 0.15) is 11.4 Å². The molecule has 0 unspecified atom stereocenters. The number of carboxylic acid groups (broad SMARTS) is 1. The maximum Gasteiger partial charge on any atom is 0.340 e. The van der Waals surface area contributed by atoms with E-state index in [0.29, 0.717) is 0 Å². The monoisotopic (exact) mass is 231 g/mol. The lowest BCUT2D eigenvalue weighted by atomic mass is 10.2.